The molecule has 7 heteroatoms. The molecule has 1 saturated heterocycles. The summed E-state index contributed by atoms with van der Waals surface area (Å²) < 4.78 is 22.8. The number of halogens is 1. The summed E-state index contributed by atoms with van der Waals surface area (Å²) >= 11 is 5.91. The number of carbonyl (C=O) groups is 1. The molecule has 1 aliphatic carbocycles. The summed E-state index contributed by atoms with van der Waals surface area (Å²) in [6, 6.07) is 7.59. The predicted octanol–water partition coefficient (Wildman–Crippen LogP) is 1.81. The summed E-state index contributed by atoms with van der Waals surface area (Å²) in [6.07, 6.45) is 2.09. The average molecular weight is 343 g/mol. The lowest BCUT2D eigenvalue weighted by Gasteiger charge is -2.28. The third-order valence-electron chi connectivity index (χ3n) is 4.52. The SMILES string of the molecule is O=C(NCC1(c2ccc(Cl)cc2)CC1)N1CCS(=O)(=O)CC1. The average Bonchev–Trinajstić information content (AvgIpc) is 3.27. The van der Waals surface area contributed by atoms with Crippen LogP contribution in [-0.4, -0.2) is 50.5 Å². The molecule has 2 fully saturated rings. The number of sulfone groups is 1. The van der Waals surface area contributed by atoms with E-state index in [-0.39, 0.29) is 36.0 Å². The first-order chi connectivity index (χ1) is 10.4. The van der Waals surface area contributed by atoms with Crippen LogP contribution in [0.1, 0.15) is 18.4 Å². The van der Waals surface area contributed by atoms with Gasteiger partial charge in [-0.2, -0.15) is 0 Å². The zero-order valence-electron chi connectivity index (χ0n) is 12.2. The van der Waals surface area contributed by atoms with Gasteiger partial charge in [0.15, 0.2) is 9.84 Å². The topological polar surface area (TPSA) is 66.5 Å². The fourth-order valence-corrected chi connectivity index (χ4v) is 4.12. The van der Waals surface area contributed by atoms with Crippen LogP contribution in [0.25, 0.3) is 0 Å². The van der Waals surface area contributed by atoms with Crippen molar-refractivity contribution in [1.82, 2.24) is 10.2 Å². The molecule has 1 aliphatic heterocycles. The van der Waals surface area contributed by atoms with Gasteiger partial charge in [-0.05, 0) is 30.5 Å². The van der Waals surface area contributed by atoms with E-state index in [1.54, 1.807) is 4.90 Å². The lowest BCUT2D eigenvalue weighted by Crippen LogP contribution is -2.49. The highest BCUT2D eigenvalue weighted by molar-refractivity contribution is 7.91. The molecular weight excluding hydrogens is 324 g/mol. The van der Waals surface area contributed by atoms with Crippen LogP contribution in [0, 0.1) is 0 Å². The zero-order chi connectivity index (χ0) is 15.8. The highest BCUT2D eigenvalue weighted by Crippen LogP contribution is 2.47. The van der Waals surface area contributed by atoms with E-state index in [0.29, 0.717) is 11.6 Å². The number of hydrogen-bond acceptors (Lipinski definition) is 3. The molecule has 0 spiro atoms. The Bertz CT molecular complexity index is 655. The minimum atomic E-state index is -2.96. The molecule has 2 aliphatic rings. The van der Waals surface area contributed by atoms with Crippen molar-refractivity contribution in [1.29, 1.82) is 0 Å². The molecule has 22 heavy (non-hydrogen) atoms. The van der Waals surface area contributed by atoms with E-state index in [0.717, 1.165) is 12.8 Å². The van der Waals surface area contributed by atoms with Gasteiger partial charge in [-0.15, -0.1) is 0 Å². The van der Waals surface area contributed by atoms with Crippen LogP contribution in [0.2, 0.25) is 5.02 Å². The maximum atomic E-state index is 12.2. The molecule has 3 rings (SSSR count). The van der Waals surface area contributed by atoms with E-state index in [2.05, 4.69) is 5.32 Å². The van der Waals surface area contributed by atoms with Crippen molar-refractivity contribution in [2.75, 3.05) is 31.1 Å². The van der Waals surface area contributed by atoms with Crippen molar-refractivity contribution >= 4 is 27.5 Å². The van der Waals surface area contributed by atoms with Crippen LogP contribution in [-0.2, 0) is 15.3 Å². The largest absolute Gasteiger partial charge is 0.337 e. The number of rotatable bonds is 3. The van der Waals surface area contributed by atoms with Crippen LogP contribution in [0.3, 0.4) is 0 Å². The smallest absolute Gasteiger partial charge is 0.317 e. The third kappa shape index (κ3) is 3.38. The molecule has 1 heterocycles. The summed E-state index contributed by atoms with van der Waals surface area (Å²) in [4.78, 5) is 13.8. The van der Waals surface area contributed by atoms with Gasteiger partial charge in [0.1, 0.15) is 0 Å². The van der Waals surface area contributed by atoms with Crippen molar-refractivity contribution in [2.45, 2.75) is 18.3 Å². The third-order valence-corrected chi connectivity index (χ3v) is 6.38. The van der Waals surface area contributed by atoms with Gasteiger partial charge in [0, 0.05) is 30.1 Å². The Morgan fingerprint density at radius 2 is 1.77 bits per heavy atom. The van der Waals surface area contributed by atoms with Crippen LogP contribution in [0.15, 0.2) is 24.3 Å². The number of carbonyl (C=O) groups excluding carboxylic acids is 1. The van der Waals surface area contributed by atoms with Gasteiger partial charge >= 0.3 is 6.03 Å². The van der Waals surface area contributed by atoms with E-state index >= 15 is 0 Å². The monoisotopic (exact) mass is 342 g/mol. The van der Waals surface area contributed by atoms with Crippen molar-refractivity contribution in [3.63, 3.8) is 0 Å². The maximum absolute atomic E-state index is 12.2. The first-order valence-electron chi connectivity index (χ1n) is 7.40. The molecule has 0 aromatic heterocycles. The maximum Gasteiger partial charge on any atom is 0.317 e. The van der Waals surface area contributed by atoms with E-state index in [1.807, 2.05) is 24.3 Å². The molecule has 2 amide bonds. The Morgan fingerprint density at radius 3 is 2.32 bits per heavy atom. The first kappa shape index (κ1) is 15.6. The molecule has 5 nitrogen and oxygen atoms in total. The standard InChI is InChI=1S/C15H19ClN2O3S/c16-13-3-1-12(2-4-13)15(5-6-15)11-17-14(19)18-7-9-22(20,21)10-8-18/h1-4H,5-11H2,(H,17,19). The molecule has 1 N–H and O–H groups in total. The summed E-state index contributed by atoms with van der Waals surface area (Å²) in [5, 5.41) is 3.66. The lowest BCUT2D eigenvalue weighted by molar-refractivity contribution is 0.201. The fourth-order valence-electron chi connectivity index (χ4n) is 2.79. The Morgan fingerprint density at radius 1 is 1.18 bits per heavy atom. The summed E-state index contributed by atoms with van der Waals surface area (Å²) in [5.74, 6) is 0.117. The predicted molar refractivity (Wildman–Crippen MR) is 86.0 cm³/mol. The van der Waals surface area contributed by atoms with Gasteiger partial charge in [0.05, 0.1) is 11.5 Å². The number of amides is 2. The molecule has 120 valence electrons. The van der Waals surface area contributed by atoms with Gasteiger partial charge in [0.25, 0.3) is 0 Å². The highest BCUT2D eigenvalue weighted by Gasteiger charge is 2.44. The Labute approximate surface area is 135 Å². The van der Waals surface area contributed by atoms with E-state index in [4.69, 9.17) is 11.6 Å². The molecule has 0 atom stereocenters. The van der Waals surface area contributed by atoms with Gasteiger partial charge in [-0.1, -0.05) is 23.7 Å². The highest BCUT2D eigenvalue weighted by atomic mass is 35.5. The molecular formula is C15H19ClN2O3S. The normalized spacial score (nSPS) is 22.1. The first-order valence-corrected chi connectivity index (χ1v) is 9.59. The minimum Gasteiger partial charge on any atom is -0.337 e. The van der Waals surface area contributed by atoms with E-state index < -0.39 is 9.84 Å². The molecule has 0 unspecified atom stereocenters. The van der Waals surface area contributed by atoms with Gasteiger partial charge in [-0.25, -0.2) is 13.2 Å². The lowest BCUT2D eigenvalue weighted by atomic mass is 9.96. The minimum absolute atomic E-state index is 0.0160. The van der Waals surface area contributed by atoms with Crippen molar-refractivity contribution in [3.8, 4) is 0 Å². The van der Waals surface area contributed by atoms with Crippen LogP contribution in [0.5, 0.6) is 0 Å². The van der Waals surface area contributed by atoms with E-state index in [9.17, 15) is 13.2 Å². The molecule has 0 radical (unpaired) electrons. The number of nitrogens with one attached hydrogen (secondary N) is 1. The molecule has 0 bridgehead atoms. The van der Waals surface area contributed by atoms with Gasteiger partial charge in [0.2, 0.25) is 0 Å². The van der Waals surface area contributed by atoms with Gasteiger partial charge < -0.3 is 10.2 Å². The number of benzene rings is 1. The van der Waals surface area contributed by atoms with Crippen molar-refractivity contribution < 1.29 is 13.2 Å². The van der Waals surface area contributed by atoms with Crippen molar-refractivity contribution in [2.24, 2.45) is 0 Å². The number of nitrogens with zero attached hydrogens (tertiary/aromatic N) is 1. The quantitative estimate of drug-likeness (QED) is 0.911. The van der Waals surface area contributed by atoms with Crippen LogP contribution in [0.4, 0.5) is 4.79 Å². The summed E-state index contributed by atoms with van der Waals surface area (Å²) in [6.45, 7) is 1.14. The summed E-state index contributed by atoms with van der Waals surface area (Å²) in [7, 11) is -2.96. The second kappa shape index (κ2) is 5.74. The number of urea groups is 1. The summed E-state index contributed by atoms with van der Waals surface area (Å²) in [5.41, 5.74) is 1.21. The van der Waals surface area contributed by atoms with Crippen molar-refractivity contribution in [3.05, 3.63) is 34.9 Å². The second-order valence-electron chi connectivity index (χ2n) is 6.08. The van der Waals surface area contributed by atoms with Crippen LogP contribution >= 0.6 is 11.6 Å². The van der Waals surface area contributed by atoms with Gasteiger partial charge in [-0.3, -0.25) is 0 Å². The molecule has 1 aromatic rings. The Balaban J connectivity index is 1.56. The zero-order valence-corrected chi connectivity index (χ0v) is 13.8. The molecule has 1 saturated carbocycles. The number of hydrogen-bond donors (Lipinski definition) is 1. The fraction of sp³-hybridized carbons (Fsp3) is 0.533. The van der Waals surface area contributed by atoms with E-state index in [1.165, 1.54) is 5.56 Å². The second-order valence-corrected chi connectivity index (χ2v) is 8.82. The Hall–Kier alpha value is -1.27. The Kier molecular flexibility index (Phi) is 4.07. The molecule has 1 aromatic carbocycles. The van der Waals surface area contributed by atoms with Crippen LogP contribution < -0.4 is 5.32 Å².